The zero-order valence-corrected chi connectivity index (χ0v) is 16.1. The Morgan fingerprint density at radius 1 is 1.21 bits per heavy atom. The van der Waals surface area contributed by atoms with Crippen LogP contribution in [-0.2, 0) is 9.59 Å². The van der Waals surface area contributed by atoms with Gasteiger partial charge in [0.05, 0.1) is 6.04 Å². The summed E-state index contributed by atoms with van der Waals surface area (Å²) in [4.78, 5) is 26.6. The lowest BCUT2D eigenvalue weighted by atomic mass is 9.85. The van der Waals surface area contributed by atoms with E-state index in [4.69, 9.17) is 5.73 Å². The van der Waals surface area contributed by atoms with Crippen molar-refractivity contribution in [3.8, 4) is 0 Å². The molecule has 1 aromatic carbocycles. The molecular weight excluding hydrogens is 370 g/mol. The van der Waals surface area contributed by atoms with Gasteiger partial charge in [-0.25, -0.2) is 0 Å². The van der Waals surface area contributed by atoms with E-state index < -0.39 is 6.04 Å². The Morgan fingerprint density at radius 2 is 1.75 bits per heavy atom. The summed E-state index contributed by atoms with van der Waals surface area (Å²) < 4.78 is 0.975. The van der Waals surface area contributed by atoms with E-state index >= 15 is 0 Å². The van der Waals surface area contributed by atoms with E-state index in [2.05, 4.69) is 21.2 Å². The summed E-state index contributed by atoms with van der Waals surface area (Å²) in [6.45, 7) is 7.07. The highest BCUT2D eigenvalue weighted by atomic mass is 79.9. The lowest BCUT2D eigenvalue weighted by Gasteiger charge is -2.36. The smallest absolute Gasteiger partial charge is 0.240 e. The Hall–Kier alpha value is -1.40. The van der Waals surface area contributed by atoms with Crippen molar-refractivity contribution in [2.45, 2.75) is 39.7 Å². The molecule has 1 heterocycles. The SMILES string of the molecule is CC(C)(C)[C@H](N)C(=O)N1CCC(C(=O)Nc2ccc(Br)cc2)CC1. The van der Waals surface area contributed by atoms with Crippen molar-refractivity contribution in [3.05, 3.63) is 28.7 Å². The Morgan fingerprint density at radius 3 is 2.25 bits per heavy atom. The number of anilines is 1. The Bertz CT molecular complexity index is 587. The van der Waals surface area contributed by atoms with Crippen LogP contribution in [0.2, 0.25) is 0 Å². The fourth-order valence-corrected chi connectivity index (χ4v) is 2.97. The van der Waals surface area contributed by atoms with Gasteiger partial charge >= 0.3 is 0 Å². The molecule has 0 aromatic heterocycles. The number of nitrogens with one attached hydrogen (secondary N) is 1. The molecule has 1 saturated heterocycles. The molecule has 0 spiro atoms. The number of benzene rings is 1. The number of nitrogens with zero attached hydrogens (tertiary/aromatic N) is 1. The van der Waals surface area contributed by atoms with Crippen LogP contribution in [0.3, 0.4) is 0 Å². The summed E-state index contributed by atoms with van der Waals surface area (Å²) in [6, 6.07) is 7.01. The molecular formula is C18H26BrN3O2. The third-order valence-corrected chi connectivity index (χ3v) is 5.02. The number of carbonyl (C=O) groups is 2. The molecule has 1 aromatic rings. The van der Waals surface area contributed by atoms with Gasteiger partial charge in [-0.15, -0.1) is 0 Å². The van der Waals surface area contributed by atoms with Gasteiger partial charge in [-0.3, -0.25) is 9.59 Å². The van der Waals surface area contributed by atoms with Gasteiger partial charge in [-0.05, 0) is 42.5 Å². The van der Waals surface area contributed by atoms with Crippen molar-refractivity contribution in [3.63, 3.8) is 0 Å². The Labute approximate surface area is 152 Å². The Kier molecular flexibility index (Phi) is 6.04. The third-order valence-electron chi connectivity index (χ3n) is 4.49. The summed E-state index contributed by atoms with van der Waals surface area (Å²) in [6.07, 6.45) is 1.34. The number of halogens is 1. The molecule has 1 fully saturated rings. The average molecular weight is 396 g/mol. The number of rotatable bonds is 3. The first kappa shape index (κ1) is 18.9. The second-order valence-corrected chi connectivity index (χ2v) is 8.36. The molecule has 1 aliphatic rings. The highest BCUT2D eigenvalue weighted by molar-refractivity contribution is 9.10. The quantitative estimate of drug-likeness (QED) is 0.825. The largest absolute Gasteiger partial charge is 0.341 e. The second-order valence-electron chi connectivity index (χ2n) is 7.44. The molecule has 6 heteroatoms. The molecule has 0 bridgehead atoms. The van der Waals surface area contributed by atoms with Crippen LogP contribution in [0, 0.1) is 11.3 Å². The first-order chi connectivity index (χ1) is 11.2. The molecule has 1 atom stereocenters. The Balaban J connectivity index is 1.87. The number of piperidine rings is 1. The number of likely N-dealkylation sites (tertiary alicyclic amines) is 1. The minimum atomic E-state index is -0.509. The van der Waals surface area contributed by atoms with Crippen molar-refractivity contribution in [1.82, 2.24) is 4.90 Å². The zero-order valence-electron chi connectivity index (χ0n) is 14.5. The van der Waals surface area contributed by atoms with Crippen LogP contribution in [0.1, 0.15) is 33.6 Å². The minimum Gasteiger partial charge on any atom is -0.341 e. The minimum absolute atomic E-state index is 0.0181. The van der Waals surface area contributed by atoms with E-state index in [1.807, 2.05) is 45.0 Å². The normalized spacial score (nSPS) is 17.5. The molecule has 0 unspecified atom stereocenters. The van der Waals surface area contributed by atoms with Crippen molar-refractivity contribution < 1.29 is 9.59 Å². The number of hydrogen-bond donors (Lipinski definition) is 2. The highest BCUT2D eigenvalue weighted by Gasteiger charge is 2.34. The van der Waals surface area contributed by atoms with Crippen LogP contribution in [0.25, 0.3) is 0 Å². The van der Waals surface area contributed by atoms with Gasteiger partial charge in [0.1, 0.15) is 0 Å². The number of nitrogens with two attached hydrogens (primary N) is 1. The van der Waals surface area contributed by atoms with Gasteiger partial charge in [-0.1, -0.05) is 36.7 Å². The number of hydrogen-bond acceptors (Lipinski definition) is 3. The van der Waals surface area contributed by atoms with E-state index in [0.717, 1.165) is 10.2 Å². The van der Waals surface area contributed by atoms with Gasteiger partial charge in [0, 0.05) is 29.2 Å². The standard InChI is InChI=1S/C18H26BrN3O2/c1-18(2,3)15(20)17(24)22-10-8-12(9-11-22)16(23)21-14-6-4-13(19)5-7-14/h4-7,12,15H,8-11,20H2,1-3H3,(H,21,23)/t15-/m1/s1. The van der Waals surface area contributed by atoms with Crippen LogP contribution < -0.4 is 11.1 Å². The van der Waals surface area contributed by atoms with Crippen LogP contribution in [0.4, 0.5) is 5.69 Å². The molecule has 2 rings (SSSR count). The highest BCUT2D eigenvalue weighted by Crippen LogP contribution is 2.24. The molecule has 1 aliphatic heterocycles. The number of amides is 2. The monoisotopic (exact) mass is 395 g/mol. The topological polar surface area (TPSA) is 75.4 Å². The predicted molar refractivity (Wildman–Crippen MR) is 99.5 cm³/mol. The molecule has 0 aliphatic carbocycles. The van der Waals surface area contributed by atoms with Crippen LogP contribution in [-0.4, -0.2) is 35.8 Å². The summed E-state index contributed by atoms with van der Waals surface area (Å²) in [7, 11) is 0. The molecule has 132 valence electrons. The van der Waals surface area contributed by atoms with Crippen LogP contribution in [0.5, 0.6) is 0 Å². The lowest BCUT2D eigenvalue weighted by Crippen LogP contribution is -2.53. The van der Waals surface area contributed by atoms with Crippen LogP contribution >= 0.6 is 15.9 Å². The lowest BCUT2D eigenvalue weighted by molar-refractivity contribution is -0.137. The second kappa shape index (κ2) is 7.66. The van der Waals surface area contributed by atoms with Crippen molar-refractivity contribution in [1.29, 1.82) is 0 Å². The first-order valence-electron chi connectivity index (χ1n) is 8.29. The predicted octanol–water partition coefficient (Wildman–Crippen LogP) is 3.00. The van der Waals surface area contributed by atoms with Crippen molar-refractivity contribution >= 4 is 33.4 Å². The molecule has 24 heavy (non-hydrogen) atoms. The average Bonchev–Trinajstić information content (AvgIpc) is 2.55. The van der Waals surface area contributed by atoms with E-state index in [1.165, 1.54) is 0 Å². The van der Waals surface area contributed by atoms with Crippen LogP contribution in [0.15, 0.2) is 28.7 Å². The van der Waals surface area contributed by atoms with E-state index in [0.29, 0.717) is 25.9 Å². The van der Waals surface area contributed by atoms with Gasteiger partial charge in [-0.2, -0.15) is 0 Å². The zero-order chi connectivity index (χ0) is 17.9. The van der Waals surface area contributed by atoms with Gasteiger partial charge in [0.15, 0.2) is 0 Å². The third kappa shape index (κ3) is 4.80. The fraction of sp³-hybridized carbons (Fsp3) is 0.556. The van der Waals surface area contributed by atoms with E-state index in [1.54, 1.807) is 4.90 Å². The molecule has 5 nitrogen and oxygen atoms in total. The molecule has 0 saturated carbocycles. The molecule has 2 amide bonds. The van der Waals surface area contributed by atoms with E-state index in [-0.39, 0.29) is 23.1 Å². The summed E-state index contributed by atoms with van der Waals surface area (Å²) >= 11 is 3.37. The maximum Gasteiger partial charge on any atom is 0.240 e. The summed E-state index contributed by atoms with van der Waals surface area (Å²) in [5.74, 6) is -0.0673. The maximum atomic E-state index is 12.4. The molecule has 0 radical (unpaired) electrons. The first-order valence-corrected chi connectivity index (χ1v) is 9.08. The maximum absolute atomic E-state index is 12.4. The van der Waals surface area contributed by atoms with Gasteiger partial charge < -0.3 is 16.0 Å². The van der Waals surface area contributed by atoms with E-state index in [9.17, 15) is 9.59 Å². The van der Waals surface area contributed by atoms with Crippen molar-refractivity contribution in [2.75, 3.05) is 18.4 Å². The van der Waals surface area contributed by atoms with Gasteiger partial charge in [0.2, 0.25) is 11.8 Å². The summed E-state index contributed by atoms with van der Waals surface area (Å²) in [5.41, 5.74) is 6.59. The van der Waals surface area contributed by atoms with Crippen molar-refractivity contribution in [2.24, 2.45) is 17.1 Å². The molecule has 3 N–H and O–H groups in total. The fourth-order valence-electron chi connectivity index (χ4n) is 2.71. The number of carbonyl (C=O) groups excluding carboxylic acids is 2. The van der Waals surface area contributed by atoms with Gasteiger partial charge in [0.25, 0.3) is 0 Å². The summed E-state index contributed by atoms with van der Waals surface area (Å²) in [5, 5.41) is 2.94.